The molecule has 0 N–H and O–H groups in total. The molecule has 0 saturated carbocycles. The highest BCUT2D eigenvalue weighted by molar-refractivity contribution is 7.90. The first-order valence-corrected chi connectivity index (χ1v) is 8.22. The molecule has 0 atom stereocenters. The van der Waals surface area contributed by atoms with Crippen molar-refractivity contribution < 1.29 is 8.42 Å². The van der Waals surface area contributed by atoms with E-state index in [2.05, 4.69) is 22.7 Å². The second kappa shape index (κ2) is 4.49. The maximum absolute atomic E-state index is 11.5. The van der Waals surface area contributed by atoms with Crippen molar-refractivity contribution in [2.75, 3.05) is 6.26 Å². The third-order valence-electron chi connectivity index (χ3n) is 3.36. The predicted molar refractivity (Wildman–Crippen MR) is 80.7 cm³/mol. The number of pyridine rings is 1. The van der Waals surface area contributed by atoms with Crippen LogP contribution in [-0.2, 0) is 9.84 Å². The number of hydrogen-bond donors (Lipinski definition) is 0. The van der Waals surface area contributed by atoms with E-state index in [-0.39, 0.29) is 0 Å². The van der Waals surface area contributed by atoms with E-state index in [0.717, 1.165) is 22.2 Å². The van der Waals surface area contributed by atoms with Crippen molar-refractivity contribution in [3.63, 3.8) is 0 Å². The highest BCUT2D eigenvalue weighted by Gasteiger charge is 2.09. The van der Waals surface area contributed by atoms with Gasteiger partial charge in [0.15, 0.2) is 9.84 Å². The molecule has 2 aromatic heterocycles. The molecule has 0 aliphatic heterocycles. The molecule has 102 valence electrons. The van der Waals surface area contributed by atoms with Crippen LogP contribution in [0.4, 0.5) is 0 Å². The van der Waals surface area contributed by atoms with E-state index < -0.39 is 9.84 Å². The van der Waals surface area contributed by atoms with Crippen LogP contribution in [0.5, 0.6) is 0 Å². The summed E-state index contributed by atoms with van der Waals surface area (Å²) in [4.78, 5) is 0.348. The zero-order chi connectivity index (χ0) is 14.3. The molecule has 3 rings (SSSR count). The molecule has 4 heteroatoms. The van der Waals surface area contributed by atoms with Crippen LogP contribution >= 0.6 is 0 Å². The number of rotatable bonds is 2. The fourth-order valence-electron chi connectivity index (χ4n) is 2.41. The van der Waals surface area contributed by atoms with Crippen LogP contribution in [0.25, 0.3) is 16.6 Å². The summed E-state index contributed by atoms with van der Waals surface area (Å²) < 4.78 is 25.1. The Kier molecular flexibility index (Phi) is 2.91. The van der Waals surface area contributed by atoms with Gasteiger partial charge in [0, 0.05) is 24.2 Å². The Bertz CT molecular complexity index is 874. The van der Waals surface area contributed by atoms with Crippen LogP contribution in [0.3, 0.4) is 0 Å². The second-order valence-electron chi connectivity index (χ2n) is 5.03. The number of nitrogens with zero attached hydrogens (tertiary/aromatic N) is 1. The summed E-state index contributed by atoms with van der Waals surface area (Å²) in [5.74, 6) is 0. The fraction of sp³-hybridized carbons (Fsp3) is 0.125. The summed E-state index contributed by atoms with van der Waals surface area (Å²) in [5, 5.41) is 0. The van der Waals surface area contributed by atoms with E-state index in [0.29, 0.717) is 4.90 Å². The summed E-state index contributed by atoms with van der Waals surface area (Å²) >= 11 is 0. The number of aromatic nitrogens is 1. The van der Waals surface area contributed by atoms with Gasteiger partial charge in [0.25, 0.3) is 0 Å². The molecule has 0 saturated heterocycles. The third kappa shape index (κ3) is 2.23. The molecule has 0 unspecified atom stereocenters. The minimum atomic E-state index is -3.15. The molecule has 2 heterocycles. The zero-order valence-corrected chi connectivity index (χ0v) is 12.2. The van der Waals surface area contributed by atoms with Crippen molar-refractivity contribution in [2.45, 2.75) is 11.8 Å². The summed E-state index contributed by atoms with van der Waals surface area (Å²) in [6.45, 7) is 2.05. The van der Waals surface area contributed by atoms with E-state index in [1.54, 1.807) is 12.1 Å². The molecule has 0 aliphatic rings. The Morgan fingerprint density at radius 1 is 1.05 bits per heavy atom. The monoisotopic (exact) mass is 285 g/mol. The predicted octanol–water partition coefficient (Wildman–Crippen LogP) is 3.32. The number of aryl methyl sites for hydroxylation is 1. The molecular formula is C16H15NO2S. The summed E-state index contributed by atoms with van der Waals surface area (Å²) in [5.41, 5.74) is 4.40. The standard InChI is InChI=1S/C16H15NO2S/c1-12-10-15(16-4-3-9-17(16)11-12)13-5-7-14(8-6-13)20(2,18)19/h3-11H,1-2H3. The summed E-state index contributed by atoms with van der Waals surface area (Å²) in [6.07, 6.45) is 5.31. The minimum Gasteiger partial charge on any atom is -0.323 e. The number of benzene rings is 1. The van der Waals surface area contributed by atoms with Gasteiger partial charge < -0.3 is 4.40 Å². The van der Waals surface area contributed by atoms with E-state index >= 15 is 0 Å². The van der Waals surface area contributed by atoms with Gasteiger partial charge in [-0.05, 0) is 48.4 Å². The lowest BCUT2D eigenvalue weighted by Gasteiger charge is -2.08. The maximum atomic E-state index is 11.5. The quantitative estimate of drug-likeness (QED) is 0.724. The lowest BCUT2D eigenvalue weighted by molar-refractivity contribution is 0.602. The van der Waals surface area contributed by atoms with Crippen LogP contribution in [-0.4, -0.2) is 19.1 Å². The van der Waals surface area contributed by atoms with E-state index in [1.165, 1.54) is 6.26 Å². The first-order chi connectivity index (χ1) is 9.45. The van der Waals surface area contributed by atoms with Gasteiger partial charge in [-0.1, -0.05) is 12.1 Å². The van der Waals surface area contributed by atoms with Gasteiger partial charge in [-0.2, -0.15) is 0 Å². The van der Waals surface area contributed by atoms with Crippen molar-refractivity contribution in [3.8, 4) is 11.1 Å². The first kappa shape index (κ1) is 12.9. The van der Waals surface area contributed by atoms with Gasteiger partial charge in [0.05, 0.1) is 10.4 Å². The van der Waals surface area contributed by atoms with Crippen LogP contribution in [0, 0.1) is 6.92 Å². The average molecular weight is 285 g/mol. The van der Waals surface area contributed by atoms with Crippen LogP contribution in [0.15, 0.2) is 59.8 Å². The van der Waals surface area contributed by atoms with Gasteiger partial charge >= 0.3 is 0 Å². The smallest absolute Gasteiger partial charge is 0.175 e. The van der Waals surface area contributed by atoms with Crippen molar-refractivity contribution in [1.29, 1.82) is 0 Å². The van der Waals surface area contributed by atoms with E-state index in [9.17, 15) is 8.42 Å². The number of sulfone groups is 1. The van der Waals surface area contributed by atoms with E-state index in [1.807, 2.05) is 31.3 Å². The van der Waals surface area contributed by atoms with Crippen molar-refractivity contribution in [3.05, 3.63) is 60.4 Å². The molecule has 1 aromatic carbocycles. The molecule has 0 amide bonds. The number of hydrogen-bond acceptors (Lipinski definition) is 2. The topological polar surface area (TPSA) is 38.5 Å². The largest absolute Gasteiger partial charge is 0.323 e. The molecular weight excluding hydrogens is 270 g/mol. The van der Waals surface area contributed by atoms with E-state index in [4.69, 9.17) is 0 Å². The molecule has 0 fully saturated rings. The fourth-order valence-corrected chi connectivity index (χ4v) is 3.04. The van der Waals surface area contributed by atoms with Crippen molar-refractivity contribution in [2.24, 2.45) is 0 Å². The van der Waals surface area contributed by atoms with Gasteiger partial charge in [-0.25, -0.2) is 8.42 Å². The minimum absolute atomic E-state index is 0.348. The van der Waals surface area contributed by atoms with Gasteiger partial charge in [0.2, 0.25) is 0 Å². The summed E-state index contributed by atoms with van der Waals surface area (Å²) in [6, 6.07) is 13.2. The average Bonchev–Trinajstić information content (AvgIpc) is 2.85. The SMILES string of the molecule is Cc1cc(-c2ccc(S(C)(=O)=O)cc2)c2cccn2c1. The zero-order valence-electron chi connectivity index (χ0n) is 11.4. The third-order valence-corrected chi connectivity index (χ3v) is 4.49. The number of fused-ring (bicyclic) bond motifs is 1. The normalized spacial score (nSPS) is 11.9. The maximum Gasteiger partial charge on any atom is 0.175 e. The molecule has 20 heavy (non-hydrogen) atoms. The van der Waals surface area contributed by atoms with Crippen LogP contribution in [0.1, 0.15) is 5.56 Å². The first-order valence-electron chi connectivity index (χ1n) is 6.33. The Morgan fingerprint density at radius 3 is 2.40 bits per heavy atom. The Labute approximate surface area is 118 Å². The lowest BCUT2D eigenvalue weighted by Crippen LogP contribution is -1.96. The molecule has 0 spiro atoms. The highest BCUT2D eigenvalue weighted by atomic mass is 32.2. The van der Waals surface area contributed by atoms with Gasteiger partial charge in [0.1, 0.15) is 0 Å². The Morgan fingerprint density at radius 2 is 1.75 bits per heavy atom. The highest BCUT2D eigenvalue weighted by Crippen LogP contribution is 2.27. The molecule has 3 nitrogen and oxygen atoms in total. The molecule has 0 bridgehead atoms. The van der Waals surface area contributed by atoms with Gasteiger partial charge in [-0.15, -0.1) is 0 Å². The van der Waals surface area contributed by atoms with Crippen LogP contribution in [0.2, 0.25) is 0 Å². The van der Waals surface area contributed by atoms with Gasteiger partial charge in [-0.3, -0.25) is 0 Å². The second-order valence-corrected chi connectivity index (χ2v) is 7.04. The molecule has 3 aromatic rings. The van der Waals surface area contributed by atoms with Crippen molar-refractivity contribution in [1.82, 2.24) is 4.40 Å². The van der Waals surface area contributed by atoms with Crippen LogP contribution < -0.4 is 0 Å². The summed E-state index contributed by atoms with van der Waals surface area (Å²) in [7, 11) is -3.15. The molecule has 0 radical (unpaired) electrons. The molecule has 0 aliphatic carbocycles. The Balaban J connectivity index is 2.18. The Hall–Kier alpha value is -2.07. The lowest BCUT2D eigenvalue weighted by atomic mass is 10.0. The van der Waals surface area contributed by atoms with Crippen molar-refractivity contribution >= 4 is 15.4 Å².